The van der Waals surface area contributed by atoms with Gasteiger partial charge >= 0.3 is 0 Å². The molecule has 1 unspecified atom stereocenters. The maximum absolute atomic E-state index is 10.8. The number of fused-ring (bicyclic) bond motifs is 1. The molecule has 0 saturated carbocycles. The van der Waals surface area contributed by atoms with E-state index < -0.39 is 0 Å². The number of nitrogens with one attached hydrogen (secondary N) is 1. The van der Waals surface area contributed by atoms with Crippen LogP contribution in [0.2, 0.25) is 0 Å². The van der Waals surface area contributed by atoms with E-state index >= 15 is 0 Å². The number of hydrogen-bond donors (Lipinski definition) is 1. The molecule has 3 rings (SSSR count). The summed E-state index contributed by atoms with van der Waals surface area (Å²) in [7, 11) is 3.62. The molecule has 142 valence electrons. The Bertz CT molecular complexity index is 909. The Morgan fingerprint density at radius 1 is 1.30 bits per heavy atom. The van der Waals surface area contributed by atoms with E-state index in [9.17, 15) is 10.1 Å². The molecule has 0 saturated heterocycles. The predicted octanol–water partition coefficient (Wildman–Crippen LogP) is 3.76. The number of nitrogens with zero attached hydrogens (tertiary/aromatic N) is 3. The zero-order chi connectivity index (χ0) is 19.4. The second-order valence-corrected chi connectivity index (χ2v) is 7.59. The molecule has 0 bridgehead atoms. The third-order valence-electron chi connectivity index (χ3n) is 4.17. The number of para-hydroxylation sites is 1. The van der Waals surface area contributed by atoms with E-state index in [0.717, 1.165) is 32.2 Å². The molecule has 1 heterocycles. The number of thiazole rings is 1. The quantitative estimate of drug-likeness (QED) is 0.361. The van der Waals surface area contributed by atoms with Gasteiger partial charge in [0.05, 0.1) is 10.2 Å². The lowest BCUT2D eigenvalue weighted by Gasteiger charge is -2.24. The van der Waals surface area contributed by atoms with Gasteiger partial charge < -0.3 is 10.1 Å². The van der Waals surface area contributed by atoms with Crippen LogP contribution in [-0.4, -0.2) is 41.6 Å². The minimum Gasteiger partial charge on any atom is -0.486 e. The molecule has 1 aromatic heterocycles. The largest absolute Gasteiger partial charge is 0.486 e. The van der Waals surface area contributed by atoms with E-state index in [-0.39, 0.29) is 17.6 Å². The number of aryl methyl sites for hydroxylation is 1. The van der Waals surface area contributed by atoms with E-state index in [1.807, 2.05) is 63.5 Å². The van der Waals surface area contributed by atoms with Gasteiger partial charge in [0.25, 0.3) is 0 Å². The van der Waals surface area contributed by atoms with Crippen molar-refractivity contribution in [2.45, 2.75) is 19.7 Å². The number of nitro groups is 1. The highest BCUT2D eigenvalue weighted by Gasteiger charge is 2.18. The van der Waals surface area contributed by atoms with Gasteiger partial charge in [-0.3, -0.25) is 15.0 Å². The monoisotopic (exact) mass is 386 g/mol. The van der Waals surface area contributed by atoms with Crippen LogP contribution in [0.15, 0.2) is 42.5 Å². The van der Waals surface area contributed by atoms with E-state index in [1.54, 1.807) is 16.2 Å². The van der Waals surface area contributed by atoms with Crippen molar-refractivity contribution in [3.8, 4) is 5.75 Å². The van der Waals surface area contributed by atoms with Gasteiger partial charge in [0.1, 0.15) is 23.5 Å². The summed E-state index contributed by atoms with van der Waals surface area (Å²) in [6, 6.07) is 13.7. The van der Waals surface area contributed by atoms with E-state index in [4.69, 9.17) is 4.74 Å². The molecule has 0 aliphatic rings. The SMILES string of the molecule is Cc1cc(OCc2nc3ccccc3s2)ccc1NC(C[N+](=O)[O-])N(C)C. The Kier molecular flexibility index (Phi) is 5.88. The summed E-state index contributed by atoms with van der Waals surface area (Å²) in [5, 5.41) is 15.0. The fourth-order valence-electron chi connectivity index (χ4n) is 2.67. The molecule has 0 fully saturated rings. The van der Waals surface area contributed by atoms with Gasteiger partial charge in [-0.1, -0.05) is 12.1 Å². The number of hydrogen-bond acceptors (Lipinski definition) is 7. The van der Waals surface area contributed by atoms with Gasteiger partial charge in [-0.2, -0.15) is 0 Å². The van der Waals surface area contributed by atoms with Crippen molar-refractivity contribution in [2.24, 2.45) is 0 Å². The van der Waals surface area contributed by atoms with Crippen molar-refractivity contribution in [1.29, 1.82) is 0 Å². The zero-order valence-electron chi connectivity index (χ0n) is 15.5. The van der Waals surface area contributed by atoms with Crippen LogP contribution >= 0.6 is 11.3 Å². The maximum atomic E-state index is 10.8. The first-order valence-electron chi connectivity index (χ1n) is 8.55. The minimum absolute atomic E-state index is 0.178. The zero-order valence-corrected chi connectivity index (χ0v) is 16.3. The lowest BCUT2D eigenvalue weighted by atomic mass is 10.2. The first kappa shape index (κ1) is 19.1. The highest BCUT2D eigenvalue weighted by Crippen LogP contribution is 2.25. The molecular formula is C19H22N4O3S. The molecule has 1 N–H and O–H groups in total. The molecule has 0 aliphatic heterocycles. The Morgan fingerprint density at radius 3 is 2.74 bits per heavy atom. The lowest BCUT2D eigenvalue weighted by Crippen LogP contribution is -2.41. The summed E-state index contributed by atoms with van der Waals surface area (Å²) in [6.45, 7) is 2.18. The molecule has 2 aromatic carbocycles. The lowest BCUT2D eigenvalue weighted by molar-refractivity contribution is -0.485. The average Bonchev–Trinajstić information content (AvgIpc) is 3.03. The Hall–Kier alpha value is -2.71. The van der Waals surface area contributed by atoms with Gasteiger partial charge in [-0.25, -0.2) is 4.98 Å². The number of anilines is 1. The number of rotatable bonds is 8. The van der Waals surface area contributed by atoms with Crippen LogP contribution in [0.4, 0.5) is 5.69 Å². The minimum atomic E-state index is -0.381. The fourth-order valence-corrected chi connectivity index (χ4v) is 3.55. The van der Waals surface area contributed by atoms with Crippen LogP contribution in [0.5, 0.6) is 5.75 Å². The number of benzene rings is 2. The van der Waals surface area contributed by atoms with Crippen LogP contribution in [0.3, 0.4) is 0 Å². The highest BCUT2D eigenvalue weighted by atomic mass is 32.1. The second kappa shape index (κ2) is 8.32. The van der Waals surface area contributed by atoms with Crippen LogP contribution in [0, 0.1) is 17.0 Å². The molecule has 0 amide bonds. The Balaban J connectivity index is 1.66. The maximum Gasteiger partial charge on any atom is 0.237 e. The Morgan fingerprint density at radius 2 is 2.07 bits per heavy atom. The number of aromatic nitrogens is 1. The standard InChI is InChI=1S/C19H22N4O3S/c1-13-10-14(8-9-15(13)20-18(22(2)3)11-23(24)25)26-12-19-21-16-6-4-5-7-17(16)27-19/h4-10,18,20H,11-12H2,1-3H3. The Labute approximate surface area is 161 Å². The average molecular weight is 386 g/mol. The van der Waals surface area contributed by atoms with Crippen LogP contribution in [0.25, 0.3) is 10.2 Å². The van der Waals surface area contributed by atoms with E-state index in [1.165, 1.54) is 0 Å². The predicted molar refractivity (Wildman–Crippen MR) is 108 cm³/mol. The van der Waals surface area contributed by atoms with Crippen LogP contribution in [0.1, 0.15) is 10.6 Å². The van der Waals surface area contributed by atoms with Gasteiger partial charge in [0.2, 0.25) is 6.54 Å². The highest BCUT2D eigenvalue weighted by molar-refractivity contribution is 7.18. The third-order valence-corrected chi connectivity index (χ3v) is 5.18. The van der Waals surface area contributed by atoms with Crippen molar-refractivity contribution >= 4 is 27.2 Å². The summed E-state index contributed by atoms with van der Waals surface area (Å²) in [6.07, 6.45) is -0.381. The molecule has 7 nitrogen and oxygen atoms in total. The summed E-state index contributed by atoms with van der Waals surface area (Å²) in [5.41, 5.74) is 2.80. The number of ether oxygens (including phenoxy) is 1. The first-order chi connectivity index (χ1) is 12.9. The van der Waals surface area contributed by atoms with E-state index in [2.05, 4.69) is 10.3 Å². The van der Waals surface area contributed by atoms with Crippen molar-refractivity contribution in [3.05, 3.63) is 63.1 Å². The molecule has 0 radical (unpaired) electrons. The molecule has 0 aliphatic carbocycles. The summed E-state index contributed by atoms with van der Waals surface area (Å²) in [4.78, 5) is 16.9. The molecule has 3 aromatic rings. The summed E-state index contributed by atoms with van der Waals surface area (Å²) >= 11 is 1.62. The molecular weight excluding hydrogens is 364 g/mol. The smallest absolute Gasteiger partial charge is 0.237 e. The third kappa shape index (κ3) is 4.93. The first-order valence-corrected chi connectivity index (χ1v) is 9.36. The molecule has 8 heteroatoms. The molecule has 27 heavy (non-hydrogen) atoms. The van der Waals surface area contributed by atoms with Gasteiger partial charge in [-0.05, 0) is 56.9 Å². The van der Waals surface area contributed by atoms with Gasteiger partial charge in [0.15, 0.2) is 0 Å². The topological polar surface area (TPSA) is 80.5 Å². The van der Waals surface area contributed by atoms with Gasteiger partial charge in [-0.15, -0.1) is 11.3 Å². The summed E-state index contributed by atoms with van der Waals surface area (Å²) < 4.78 is 7.02. The van der Waals surface area contributed by atoms with Crippen molar-refractivity contribution < 1.29 is 9.66 Å². The second-order valence-electron chi connectivity index (χ2n) is 6.48. The number of likely N-dealkylation sites (N-methyl/N-ethyl adjacent to an activating group) is 1. The molecule has 1 atom stereocenters. The van der Waals surface area contributed by atoms with Crippen molar-refractivity contribution in [3.63, 3.8) is 0 Å². The van der Waals surface area contributed by atoms with Crippen molar-refractivity contribution in [2.75, 3.05) is 26.0 Å². The van der Waals surface area contributed by atoms with Crippen LogP contribution in [-0.2, 0) is 6.61 Å². The van der Waals surface area contributed by atoms with Crippen LogP contribution < -0.4 is 10.1 Å². The summed E-state index contributed by atoms with van der Waals surface area (Å²) in [5.74, 6) is 0.744. The van der Waals surface area contributed by atoms with E-state index in [0.29, 0.717) is 6.61 Å². The fraction of sp³-hybridized carbons (Fsp3) is 0.316. The molecule has 0 spiro atoms. The van der Waals surface area contributed by atoms with Gasteiger partial charge in [0, 0.05) is 10.6 Å². The van der Waals surface area contributed by atoms with Crippen molar-refractivity contribution in [1.82, 2.24) is 9.88 Å². The normalized spacial score (nSPS) is 12.3.